The number of anilines is 1. The molecule has 3 rings (SSSR count). The molecule has 0 aliphatic rings. The third-order valence-corrected chi connectivity index (χ3v) is 4.40. The van der Waals surface area contributed by atoms with E-state index in [0.717, 1.165) is 28.1 Å². The molecule has 3 nitrogen and oxygen atoms in total. The zero-order chi connectivity index (χ0) is 17.8. The first-order chi connectivity index (χ1) is 12.0. The molecule has 0 radical (unpaired) electrons. The Bertz CT molecular complexity index is 873. The van der Waals surface area contributed by atoms with Gasteiger partial charge in [-0.3, -0.25) is 9.78 Å². The maximum Gasteiger partial charge on any atom is 0.231 e. The van der Waals surface area contributed by atoms with Crippen molar-refractivity contribution in [2.24, 2.45) is 0 Å². The summed E-state index contributed by atoms with van der Waals surface area (Å²) in [7, 11) is 0. The SMILES string of the molecule is Cc1cc(-c2ccc(NC(=O)C(C)c3ccc(Cl)cc3)cc2)ccn1. The molecule has 0 aliphatic carbocycles. The molecule has 1 heterocycles. The third kappa shape index (κ3) is 4.25. The highest BCUT2D eigenvalue weighted by molar-refractivity contribution is 6.30. The van der Waals surface area contributed by atoms with E-state index in [1.807, 2.05) is 62.4 Å². The van der Waals surface area contributed by atoms with E-state index in [4.69, 9.17) is 11.6 Å². The number of rotatable bonds is 4. The third-order valence-electron chi connectivity index (χ3n) is 4.15. The van der Waals surface area contributed by atoms with Gasteiger partial charge in [0.1, 0.15) is 0 Å². The molecular formula is C21H19ClN2O. The van der Waals surface area contributed by atoms with E-state index < -0.39 is 0 Å². The average Bonchev–Trinajstić information content (AvgIpc) is 2.62. The van der Waals surface area contributed by atoms with Crippen LogP contribution in [0.2, 0.25) is 5.02 Å². The number of carbonyl (C=O) groups is 1. The fraction of sp³-hybridized carbons (Fsp3) is 0.143. The van der Waals surface area contributed by atoms with Gasteiger partial charge in [-0.25, -0.2) is 0 Å². The molecule has 1 N–H and O–H groups in total. The summed E-state index contributed by atoms with van der Waals surface area (Å²) in [4.78, 5) is 16.7. The van der Waals surface area contributed by atoms with E-state index in [9.17, 15) is 4.79 Å². The van der Waals surface area contributed by atoms with Crippen molar-refractivity contribution >= 4 is 23.2 Å². The summed E-state index contributed by atoms with van der Waals surface area (Å²) in [5.41, 5.74) is 4.90. The molecule has 0 aliphatic heterocycles. The first-order valence-corrected chi connectivity index (χ1v) is 8.50. The Morgan fingerprint density at radius 3 is 2.32 bits per heavy atom. The lowest BCUT2D eigenvalue weighted by atomic mass is 10.0. The Balaban J connectivity index is 1.70. The van der Waals surface area contributed by atoms with E-state index >= 15 is 0 Å². The highest BCUT2D eigenvalue weighted by atomic mass is 35.5. The average molecular weight is 351 g/mol. The Labute approximate surface area is 152 Å². The van der Waals surface area contributed by atoms with Crippen molar-refractivity contribution in [2.45, 2.75) is 19.8 Å². The van der Waals surface area contributed by atoms with E-state index in [-0.39, 0.29) is 11.8 Å². The molecule has 2 aromatic carbocycles. The number of nitrogens with one attached hydrogen (secondary N) is 1. The number of hydrogen-bond donors (Lipinski definition) is 1. The van der Waals surface area contributed by atoms with Crippen LogP contribution in [0.25, 0.3) is 11.1 Å². The number of pyridine rings is 1. The van der Waals surface area contributed by atoms with Gasteiger partial charge in [0.05, 0.1) is 5.92 Å². The van der Waals surface area contributed by atoms with Gasteiger partial charge in [-0.1, -0.05) is 35.9 Å². The van der Waals surface area contributed by atoms with Crippen LogP contribution in [0, 0.1) is 6.92 Å². The lowest BCUT2D eigenvalue weighted by Gasteiger charge is -2.13. The lowest BCUT2D eigenvalue weighted by molar-refractivity contribution is -0.117. The summed E-state index contributed by atoms with van der Waals surface area (Å²) in [5.74, 6) is -0.297. The molecule has 0 spiro atoms. The van der Waals surface area contributed by atoms with Gasteiger partial charge < -0.3 is 5.32 Å². The molecule has 0 saturated carbocycles. The predicted octanol–water partition coefficient (Wildman–Crippen LogP) is 5.45. The van der Waals surface area contributed by atoms with Crippen molar-refractivity contribution < 1.29 is 4.79 Å². The smallest absolute Gasteiger partial charge is 0.231 e. The topological polar surface area (TPSA) is 42.0 Å². The molecule has 25 heavy (non-hydrogen) atoms. The highest BCUT2D eigenvalue weighted by Crippen LogP contribution is 2.23. The zero-order valence-corrected chi connectivity index (χ0v) is 14.9. The summed E-state index contributed by atoms with van der Waals surface area (Å²) < 4.78 is 0. The van der Waals surface area contributed by atoms with Crippen LogP contribution in [0.15, 0.2) is 66.9 Å². The molecule has 0 saturated heterocycles. The Hall–Kier alpha value is -2.65. The monoisotopic (exact) mass is 350 g/mol. The van der Waals surface area contributed by atoms with Crippen LogP contribution in [-0.4, -0.2) is 10.9 Å². The van der Waals surface area contributed by atoms with Crippen LogP contribution in [0.5, 0.6) is 0 Å². The first-order valence-electron chi connectivity index (χ1n) is 8.12. The minimum atomic E-state index is -0.250. The molecule has 0 bridgehead atoms. The number of benzene rings is 2. The van der Waals surface area contributed by atoms with Crippen LogP contribution < -0.4 is 5.32 Å². The Kier molecular flexibility index (Phi) is 5.15. The standard InChI is InChI=1S/C21H19ClN2O/c1-14-13-18(11-12-23-14)17-5-9-20(10-6-17)24-21(25)15(2)16-3-7-19(22)8-4-16/h3-13,15H,1-2H3,(H,24,25). The number of aryl methyl sites for hydroxylation is 1. The second-order valence-electron chi connectivity index (χ2n) is 6.03. The van der Waals surface area contributed by atoms with Gasteiger partial charge in [0.25, 0.3) is 0 Å². The van der Waals surface area contributed by atoms with Gasteiger partial charge in [0.15, 0.2) is 0 Å². The van der Waals surface area contributed by atoms with Crippen LogP contribution in [0.4, 0.5) is 5.69 Å². The van der Waals surface area contributed by atoms with E-state index in [1.54, 1.807) is 18.3 Å². The zero-order valence-electron chi connectivity index (χ0n) is 14.2. The van der Waals surface area contributed by atoms with Gasteiger partial charge >= 0.3 is 0 Å². The molecule has 3 aromatic rings. The second-order valence-corrected chi connectivity index (χ2v) is 6.46. The summed E-state index contributed by atoms with van der Waals surface area (Å²) in [6, 6.07) is 19.2. The molecule has 1 atom stereocenters. The number of aromatic nitrogens is 1. The van der Waals surface area contributed by atoms with Gasteiger partial charge in [0, 0.05) is 22.6 Å². The van der Waals surface area contributed by atoms with E-state index in [2.05, 4.69) is 10.3 Å². The summed E-state index contributed by atoms with van der Waals surface area (Å²) in [6.45, 7) is 3.85. The lowest BCUT2D eigenvalue weighted by Crippen LogP contribution is -2.18. The van der Waals surface area contributed by atoms with Crippen molar-refractivity contribution in [1.82, 2.24) is 4.98 Å². The Morgan fingerprint density at radius 2 is 1.68 bits per heavy atom. The predicted molar refractivity (Wildman–Crippen MR) is 103 cm³/mol. The van der Waals surface area contributed by atoms with Gasteiger partial charge in [-0.2, -0.15) is 0 Å². The minimum absolute atomic E-state index is 0.0465. The van der Waals surface area contributed by atoms with Crippen LogP contribution >= 0.6 is 11.6 Å². The van der Waals surface area contributed by atoms with Crippen molar-refractivity contribution in [3.63, 3.8) is 0 Å². The van der Waals surface area contributed by atoms with Gasteiger partial charge in [-0.15, -0.1) is 0 Å². The fourth-order valence-corrected chi connectivity index (χ4v) is 2.75. The van der Waals surface area contributed by atoms with Crippen molar-refractivity contribution in [2.75, 3.05) is 5.32 Å². The van der Waals surface area contributed by atoms with Crippen molar-refractivity contribution in [3.05, 3.63) is 83.1 Å². The number of carbonyl (C=O) groups excluding carboxylic acids is 1. The molecule has 1 amide bonds. The fourth-order valence-electron chi connectivity index (χ4n) is 2.62. The van der Waals surface area contributed by atoms with Crippen LogP contribution in [0.1, 0.15) is 24.1 Å². The number of hydrogen-bond acceptors (Lipinski definition) is 2. The van der Waals surface area contributed by atoms with Gasteiger partial charge in [-0.05, 0) is 66.9 Å². The summed E-state index contributed by atoms with van der Waals surface area (Å²) in [6.07, 6.45) is 1.80. The summed E-state index contributed by atoms with van der Waals surface area (Å²) in [5, 5.41) is 3.63. The molecule has 1 unspecified atom stereocenters. The first kappa shape index (κ1) is 17.2. The number of amides is 1. The molecule has 4 heteroatoms. The largest absolute Gasteiger partial charge is 0.326 e. The summed E-state index contributed by atoms with van der Waals surface area (Å²) >= 11 is 5.90. The maximum absolute atomic E-state index is 12.4. The van der Waals surface area contributed by atoms with Crippen molar-refractivity contribution in [1.29, 1.82) is 0 Å². The Morgan fingerprint density at radius 1 is 1.00 bits per heavy atom. The van der Waals surface area contributed by atoms with Crippen LogP contribution in [0.3, 0.4) is 0 Å². The minimum Gasteiger partial charge on any atom is -0.326 e. The van der Waals surface area contributed by atoms with Crippen molar-refractivity contribution in [3.8, 4) is 11.1 Å². The second kappa shape index (κ2) is 7.49. The molecule has 1 aromatic heterocycles. The number of nitrogens with zero attached hydrogens (tertiary/aromatic N) is 1. The number of halogens is 1. The van der Waals surface area contributed by atoms with E-state index in [0.29, 0.717) is 5.02 Å². The van der Waals surface area contributed by atoms with Crippen LogP contribution in [-0.2, 0) is 4.79 Å². The molecular weight excluding hydrogens is 332 g/mol. The normalized spacial score (nSPS) is 11.8. The quantitative estimate of drug-likeness (QED) is 0.679. The molecule has 126 valence electrons. The highest BCUT2D eigenvalue weighted by Gasteiger charge is 2.15. The molecule has 0 fully saturated rings. The maximum atomic E-state index is 12.4. The van der Waals surface area contributed by atoms with E-state index in [1.165, 1.54) is 0 Å². The van der Waals surface area contributed by atoms with Gasteiger partial charge in [0.2, 0.25) is 5.91 Å².